The van der Waals surface area contributed by atoms with Gasteiger partial charge in [-0.25, -0.2) is 0 Å². The lowest BCUT2D eigenvalue weighted by Gasteiger charge is -2.27. The number of ether oxygens (including phenoxy) is 1. The van der Waals surface area contributed by atoms with E-state index in [9.17, 15) is 0 Å². The average molecular weight is 313 g/mol. The zero-order valence-electron chi connectivity index (χ0n) is 11.5. The van der Waals surface area contributed by atoms with E-state index in [2.05, 4.69) is 59.2 Å². The quantitative estimate of drug-likeness (QED) is 0.928. The second-order valence-corrected chi connectivity index (χ2v) is 6.41. The first-order valence-corrected chi connectivity index (χ1v) is 7.04. The van der Waals surface area contributed by atoms with Crippen LogP contribution in [0.4, 0.5) is 5.69 Å². The van der Waals surface area contributed by atoms with Crippen LogP contribution in [0.1, 0.15) is 20.3 Å². The minimum absolute atomic E-state index is 0.239. The lowest BCUT2D eigenvalue weighted by atomic mass is 10.0. The molecule has 0 amide bonds. The Labute approximate surface area is 118 Å². The van der Waals surface area contributed by atoms with E-state index in [0.29, 0.717) is 6.04 Å². The summed E-state index contributed by atoms with van der Waals surface area (Å²) in [7, 11) is 3.84. The summed E-state index contributed by atoms with van der Waals surface area (Å²) in [5, 5.41) is 3.56. The molecule has 0 aromatic heterocycles. The molecule has 100 valence electrons. The van der Waals surface area contributed by atoms with Crippen LogP contribution in [0.2, 0.25) is 0 Å². The number of halogens is 1. The SMILES string of the molecule is COc1ccc(N(C)C2CNC(C)(C)C2)cc1Br. The summed E-state index contributed by atoms with van der Waals surface area (Å²) in [4.78, 5) is 2.34. The Morgan fingerprint density at radius 1 is 1.44 bits per heavy atom. The van der Waals surface area contributed by atoms with Gasteiger partial charge in [0.05, 0.1) is 11.6 Å². The van der Waals surface area contributed by atoms with E-state index in [-0.39, 0.29) is 5.54 Å². The molecule has 2 rings (SSSR count). The third-order valence-electron chi connectivity index (χ3n) is 3.65. The molecule has 1 aliphatic heterocycles. The molecule has 18 heavy (non-hydrogen) atoms. The summed E-state index contributed by atoms with van der Waals surface area (Å²) >= 11 is 3.54. The molecule has 1 aromatic rings. The van der Waals surface area contributed by atoms with E-state index in [1.807, 2.05) is 6.07 Å². The summed E-state index contributed by atoms with van der Waals surface area (Å²) in [6.07, 6.45) is 1.16. The molecule has 1 atom stereocenters. The lowest BCUT2D eigenvalue weighted by Crippen LogP contribution is -2.33. The highest BCUT2D eigenvalue weighted by molar-refractivity contribution is 9.10. The van der Waals surface area contributed by atoms with Gasteiger partial charge in [0.15, 0.2) is 0 Å². The highest BCUT2D eigenvalue weighted by Gasteiger charge is 2.32. The van der Waals surface area contributed by atoms with Crippen molar-refractivity contribution in [3.63, 3.8) is 0 Å². The van der Waals surface area contributed by atoms with Gasteiger partial charge in [0.2, 0.25) is 0 Å². The molecular formula is C14H21BrN2O. The highest BCUT2D eigenvalue weighted by Crippen LogP contribution is 2.31. The first kappa shape index (κ1) is 13.7. The standard InChI is InChI=1S/C14H21BrN2O/c1-14(2)8-11(9-16-14)17(3)10-5-6-13(18-4)12(15)7-10/h5-7,11,16H,8-9H2,1-4H3. The van der Waals surface area contributed by atoms with Crippen molar-refractivity contribution in [3.05, 3.63) is 22.7 Å². The molecule has 1 aliphatic rings. The first-order valence-electron chi connectivity index (χ1n) is 6.24. The van der Waals surface area contributed by atoms with Crippen LogP contribution in [0.5, 0.6) is 5.75 Å². The Balaban J connectivity index is 2.14. The second-order valence-electron chi connectivity index (χ2n) is 5.55. The molecule has 0 radical (unpaired) electrons. The average Bonchev–Trinajstić information content (AvgIpc) is 2.68. The van der Waals surface area contributed by atoms with Crippen LogP contribution in [0.3, 0.4) is 0 Å². The maximum absolute atomic E-state index is 5.26. The van der Waals surface area contributed by atoms with Gasteiger partial charge in [0.1, 0.15) is 5.75 Å². The number of benzene rings is 1. The highest BCUT2D eigenvalue weighted by atomic mass is 79.9. The monoisotopic (exact) mass is 312 g/mol. The lowest BCUT2D eigenvalue weighted by molar-refractivity contribution is 0.412. The maximum atomic E-state index is 5.26. The largest absolute Gasteiger partial charge is 0.496 e. The van der Waals surface area contributed by atoms with Gasteiger partial charge in [0.25, 0.3) is 0 Å². The summed E-state index contributed by atoms with van der Waals surface area (Å²) in [5.41, 5.74) is 1.45. The van der Waals surface area contributed by atoms with Crippen LogP contribution < -0.4 is 15.0 Å². The molecule has 1 fully saturated rings. The fourth-order valence-corrected chi connectivity index (χ4v) is 3.02. The second kappa shape index (κ2) is 5.10. The predicted octanol–water partition coefficient (Wildman–Crippen LogP) is 3.03. The number of hydrogen-bond donors (Lipinski definition) is 1. The van der Waals surface area contributed by atoms with Gasteiger partial charge >= 0.3 is 0 Å². The van der Waals surface area contributed by atoms with Gasteiger partial charge in [-0.3, -0.25) is 0 Å². The molecule has 4 heteroatoms. The van der Waals surface area contributed by atoms with Crippen LogP contribution >= 0.6 is 15.9 Å². The van der Waals surface area contributed by atoms with Crippen molar-refractivity contribution in [2.45, 2.75) is 31.8 Å². The van der Waals surface area contributed by atoms with Crippen LogP contribution in [0.25, 0.3) is 0 Å². The van der Waals surface area contributed by atoms with E-state index in [4.69, 9.17) is 4.74 Å². The first-order chi connectivity index (χ1) is 8.43. The summed E-state index contributed by atoms with van der Waals surface area (Å²) in [6.45, 7) is 5.54. The van der Waals surface area contributed by atoms with E-state index in [1.165, 1.54) is 5.69 Å². The van der Waals surface area contributed by atoms with Crippen molar-refractivity contribution in [1.29, 1.82) is 0 Å². The zero-order chi connectivity index (χ0) is 13.3. The Morgan fingerprint density at radius 3 is 2.67 bits per heavy atom. The molecule has 0 saturated carbocycles. The summed E-state index contributed by atoms with van der Waals surface area (Å²) in [5.74, 6) is 0.872. The van der Waals surface area contributed by atoms with Crippen molar-refractivity contribution < 1.29 is 4.74 Å². The van der Waals surface area contributed by atoms with Crippen molar-refractivity contribution in [3.8, 4) is 5.75 Å². The third-order valence-corrected chi connectivity index (χ3v) is 4.27. The Morgan fingerprint density at radius 2 is 2.17 bits per heavy atom. The van der Waals surface area contributed by atoms with Crippen LogP contribution in [0, 0.1) is 0 Å². The van der Waals surface area contributed by atoms with Crippen molar-refractivity contribution >= 4 is 21.6 Å². The normalized spacial score (nSPS) is 21.9. The van der Waals surface area contributed by atoms with E-state index in [1.54, 1.807) is 7.11 Å². The van der Waals surface area contributed by atoms with Crippen LogP contribution in [-0.4, -0.2) is 32.3 Å². The molecule has 0 aliphatic carbocycles. The van der Waals surface area contributed by atoms with Gasteiger partial charge in [-0.1, -0.05) is 0 Å². The molecular weight excluding hydrogens is 292 g/mol. The van der Waals surface area contributed by atoms with Crippen molar-refractivity contribution in [2.75, 3.05) is 25.6 Å². The van der Waals surface area contributed by atoms with E-state index >= 15 is 0 Å². The van der Waals surface area contributed by atoms with Crippen molar-refractivity contribution in [2.24, 2.45) is 0 Å². The molecule has 1 N–H and O–H groups in total. The fraction of sp³-hybridized carbons (Fsp3) is 0.571. The molecule has 1 heterocycles. The van der Waals surface area contributed by atoms with Gasteiger partial charge in [-0.2, -0.15) is 0 Å². The summed E-state index contributed by atoms with van der Waals surface area (Å²) < 4.78 is 6.26. The molecule has 1 saturated heterocycles. The smallest absolute Gasteiger partial charge is 0.133 e. The van der Waals surface area contributed by atoms with E-state index in [0.717, 1.165) is 23.2 Å². The van der Waals surface area contributed by atoms with Gasteiger partial charge < -0.3 is 15.0 Å². The van der Waals surface area contributed by atoms with Crippen molar-refractivity contribution in [1.82, 2.24) is 5.32 Å². The number of nitrogens with one attached hydrogen (secondary N) is 1. The molecule has 1 aromatic carbocycles. The van der Waals surface area contributed by atoms with Crippen LogP contribution in [-0.2, 0) is 0 Å². The Kier molecular flexibility index (Phi) is 3.87. The third kappa shape index (κ3) is 2.81. The number of hydrogen-bond acceptors (Lipinski definition) is 3. The number of likely N-dealkylation sites (N-methyl/N-ethyl adjacent to an activating group) is 1. The number of nitrogens with zero attached hydrogens (tertiary/aromatic N) is 1. The number of methoxy groups -OCH3 is 1. The van der Waals surface area contributed by atoms with Gasteiger partial charge in [0, 0.05) is 30.9 Å². The maximum Gasteiger partial charge on any atom is 0.133 e. The number of anilines is 1. The fourth-order valence-electron chi connectivity index (χ4n) is 2.49. The van der Waals surface area contributed by atoms with Crippen LogP contribution in [0.15, 0.2) is 22.7 Å². The molecule has 1 unspecified atom stereocenters. The Bertz CT molecular complexity index is 434. The minimum atomic E-state index is 0.239. The zero-order valence-corrected chi connectivity index (χ0v) is 13.0. The predicted molar refractivity (Wildman–Crippen MR) is 79.6 cm³/mol. The van der Waals surface area contributed by atoms with Gasteiger partial charge in [-0.05, 0) is 54.4 Å². The Hall–Kier alpha value is -0.740. The topological polar surface area (TPSA) is 24.5 Å². The molecule has 3 nitrogen and oxygen atoms in total. The number of rotatable bonds is 3. The summed E-state index contributed by atoms with van der Waals surface area (Å²) in [6, 6.07) is 6.77. The van der Waals surface area contributed by atoms with E-state index < -0.39 is 0 Å². The van der Waals surface area contributed by atoms with Gasteiger partial charge in [-0.15, -0.1) is 0 Å². The minimum Gasteiger partial charge on any atom is -0.496 e. The molecule has 0 bridgehead atoms. The molecule has 0 spiro atoms.